The Hall–Kier alpha value is -1.75. The van der Waals surface area contributed by atoms with Crippen molar-refractivity contribution in [1.82, 2.24) is 10.2 Å². The van der Waals surface area contributed by atoms with Crippen molar-refractivity contribution in [2.75, 3.05) is 33.4 Å². The monoisotopic (exact) mass is 346 g/mol. The van der Waals surface area contributed by atoms with Gasteiger partial charge in [0.25, 0.3) is 0 Å². The minimum atomic E-state index is -0.180. The Morgan fingerprint density at radius 3 is 2.96 bits per heavy atom. The molecule has 0 saturated carbocycles. The molecule has 1 aromatic rings. The molecule has 3 rings (SSSR count). The van der Waals surface area contributed by atoms with Gasteiger partial charge in [-0.05, 0) is 38.3 Å². The molecule has 2 fully saturated rings. The largest absolute Gasteiger partial charge is 0.493 e. The van der Waals surface area contributed by atoms with Gasteiger partial charge in [-0.1, -0.05) is 25.5 Å². The molecule has 1 unspecified atom stereocenters. The van der Waals surface area contributed by atoms with Gasteiger partial charge in [0.05, 0.1) is 19.1 Å². The smallest absolute Gasteiger partial charge is 0.227 e. The van der Waals surface area contributed by atoms with Crippen molar-refractivity contribution >= 4 is 5.91 Å². The number of para-hydroxylation sites is 1. The summed E-state index contributed by atoms with van der Waals surface area (Å²) in [5, 5.41) is 3.05. The van der Waals surface area contributed by atoms with Crippen molar-refractivity contribution in [3.8, 4) is 11.5 Å². The standard InChI is InChI=1S/C20H30N2O3/c1-3-4-13-25-18-16(7-5-8-17(18)24-2)14-22-12-10-20(15-22)9-6-11-21-19(20)23/h5,7-8H,3-4,6,9-15H2,1-2H3,(H,21,23). The highest BCUT2D eigenvalue weighted by Gasteiger charge is 2.45. The lowest BCUT2D eigenvalue weighted by atomic mass is 9.79. The Morgan fingerprint density at radius 1 is 1.32 bits per heavy atom. The first-order valence-electron chi connectivity index (χ1n) is 9.48. The molecule has 5 nitrogen and oxygen atoms in total. The van der Waals surface area contributed by atoms with Crippen LogP contribution in [0.15, 0.2) is 18.2 Å². The number of ether oxygens (including phenoxy) is 2. The zero-order valence-electron chi connectivity index (χ0n) is 15.5. The van der Waals surface area contributed by atoms with Crippen LogP contribution in [0.5, 0.6) is 11.5 Å². The normalized spacial score (nSPS) is 23.7. The van der Waals surface area contributed by atoms with Crippen molar-refractivity contribution < 1.29 is 14.3 Å². The number of rotatable bonds is 7. The van der Waals surface area contributed by atoms with Gasteiger partial charge in [0.2, 0.25) is 5.91 Å². The van der Waals surface area contributed by atoms with Gasteiger partial charge >= 0.3 is 0 Å². The summed E-state index contributed by atoms with van der Waals surface area (Å²) < 4.78 is 11.5. The molecule has 0 bridgehead atoms. The van der Waals surface area contributed by atoms with Crippen LogP contribution in [-0.4, -0.2) is 44.2 Å². The number of carbonyl (C=O) groups is 1. The minimum absolute atomic E-state index is 0.180. The highest BCUT2D eigenvalue weighted by molar-refractivity contribution is 5.84. The van der Waals surface area contributed by atoms with E-state index in [1.54, 1.807) is 7.11 Å². The average Bonchev–Trinajstić information content (AvgIpc) is 3.02. The SMILES string of the molecule is CCCCOc1c(CN2CCC3(CCCNC3=O)C2)cccc1OC. The molecule has 25 heavy (non-hydrogen) atoms. The summed E-state index contributed by atoms with van der Waals surface area (Å²) in [6.07, 6.45) is 5.19. The van der Waals surface area contributed by atoms with Crippen molar-refractivity contribution in [2.45, 2.75) is 45.6 Å². The summed E-state index contributed by atoms with van der Waals surface area (Å²) in [6.45, 7) is 6.28. The second kappa shape index (κ2) is 8.09. The van der Waals surface area contributed by atoms with Gasteiger partial charge < -0.3 is 14.8 Å². The van der Waals surface area contributed by atoms with Gasteiger partial charge in [0, 0.05) is 25.2 Å². The number of carbonyl (C=O) groups excluding carboxylic acids is 1. The van der Waals surface area contributed by atoms with Gasteiger partial charge in [-0.25, -0.2) is 0 Å². The second-order valence-electron chi connectivity index (χ2n) is 7.25. The molecule has 1 aromatic carbocycles. The third-order valence-corrected chi connectivity index (χ3v) is 5.45. The second-order valence-corrected chi connectivity index (χ2v) is 7.25. The molecule has 5 heteroatoms. The Kier molecular flexibility index (Phi) is 5.84. The fourth-order valence-electron chi connectivity index (χ4n) is 3.98. The van der Waals surface area contributed by atoms with Crippen LogP contribution in [0.4, 0.5) is 0 Å². The number of amides is 1. The van der Waals surface area contributed by atoms with Crippen LogP contribution in [0.2, 0.25) is 0 Å². The van der Waals surface area contributed by atoms with Crippen LogP contribution in [0.25, 0.3) is 0 Å². The fourth-order valence-corrected chi connectivity index (χ4v) is 3.98. The van der Waals surface area contributed by atoms with Gasteiger partial charge in [0.1, 0.15) is 0 Å². The Balaban J connectivity index is 1.71. The Labute approximate surface area is 150 Å². The van der Waals surface area contributed by atoms with Crippen molar-refractivity contribution in [3.05, 3.63) is 23.8 Å². The maximum Gasteiger partial charge on any atom is 0.227 e. The van der Waals surface area contributed by atoms with Crippen LogP contribution < -0.4 is 14.8 Å². The first-order chi connectivity index (χ1) is 12.2. The van der Waals surface area contributed by atoms with Crippen LogP contribution in [0.3, 0.4) is 0 Å². The van der Waals surface area contributed by atoms with E-state index < -0.39 is 0 Å². The molecule has 138 valence electrons. The molecule has 0 aromatic heterocycles. The molecule has 0 aliphatic carbocycles. The number of benzene rings is 1. The van der Waals surface area contributed by atoms with E-state index in [0.717, 1.165) is 75.3 Å². The number of hydrogen-bond acceptors (Lipinski definition) is 4. The van der Waals surface area contributed by atoms with Crippen molar-refractivity contribution in [2.24, 2.45) is 5.41 Å². The zero-order valence-corrected chi connectivity index (χ0v) is 15.5. The third-order valence-electron chi connectivity index (χ3n) is 5.45. The number of methoxy groups -OCH3 is 1. The van der Waals surface area contributed by atoms with Gasteiger partial charge in [0.15, 0.2) is 11.5 Å². The Morgan fingerprint density at radius 2 is 2.20 bits per heavy atom. The number of unbranched alkanes of at least 4 members (excludes halogenated alkanes) is 1. The van der Waals surface area contributed by atoms with E-state index in [1.165, 1.54) is 0 Å². The lowest BCUT2D eigenvalue weighted by molar-refractivity contribution is -0.132. The minimum Gasteiger partial charge on any atom is -0.493 e. The number of hydrogen-bond donors (Lipinski definition) is 1. The van der Waals surface area contributed by atoms with E-state index in [4.69, 9.17) is 9.47 Å². The molecule has 2 aliphatic rings. The topological polar surface area (TPSA) is 50.8 Å². The summed E-state index contributed by atoms with van der Waals surface area (Å²) >= 11 is 0. The number of likely N-dealkylation sites (tertiary alicyclic amines) is 1. The van der Waals surface area contributed by atoms with E-state index in [-0.39, 0.29) is 11.3 Å². The molecule has 0 radical (unpaired) electrons. The maximum absolute atomic E-state index is 12.4. The Bertz CT molecular complexity index is 605. The van der Waals surface area contributed by atoms with Crippen LogP contribution in [0, 0.1) is 5.41 Å². The molecule has 1 spiro atoms. The predicted molar refractivity (Wildman–Crippen MR) is 98.0 cm³/mol. The quantitative estimate of drug-likeness (QED) is 0.771. The lowest BCUT2D eigenvalue weighted by Crippen LogP contribution is -2.47. The van der Waals surface area contributed by atoms with E-state index in [0.29, 0.717) is 6.61 Å². The highest BCUT2D eigenvalue weighted by Crippen LogP contribution is 2.39. The molecule has 2 heterocycles. The fraction of sp³-hybridized carbons (Fsp3) is 0.650. The van der Waals surface area contributed by atoms with Gasteiger partial charge in [-0.2, -0.15) is 0 Å². The van der Waals surface area contributed by atoms with Crippen LogP contribution >= 0.6 is 0 Å². The van der Waals surface area contributed by atoms with Crippen molar-refractivity contribution in [1.29, 1.82) is 0 Å². The summed E-state index contributed by atoms with van der Waals surface area (Å²) in [4.78, 5) is 14.8. The van der Waals surface area contributed by atoms with Crippen LogP contribution in [-0.2, 0) is 11.3 Å². The van der Waals surface area contributed by atoms with E-state index >= 15 is 0 Å². The number of nitrogens with zero attached hydrogens (tertiary/aromatic N) is 1. The predicted octanol–water partition coefficient (Wildman–Crippen LogP) is 2.98. The zero-order chi connectivity index (χ0) is 17.7. The molecule has 1 N–H and O–H groups in total. The lowest BCUT2D eigenvalue weighted by Gasteiger charge is -2.32. The van der Waals surface area contributed by atoms with Crippen molar-refractivity contribution in [3.63, 3.8) is 0 Å². The molecular weight excluding hydrogens is 316 g/mol. The van der Waals surface area contributed by atoms with E-state index in [9.17, 15) is 4.79 Å². The highest BCUT2D eigenvalue weighted by atomic mass is 16.5. The summed E-state index contributed by atoms with van der Waals surface area (Å²) in [5.74, 6) is 1.89. The number of piperidine rings is 1. The molecular formula is C20H30N2O3. The van der Waals surface area contributed by atoms with Gasteiger partial charge in [-0.3, -0.25) is 9.69 Å². The first-order valence-corrected chi connectivity index (χ1v) is 9.48. The molecule has 1 atom stereocenters. The summed E-state index contributed by atoms with van der Waals surface area (Å²) in [5.41, 5.74) is 0.962. The first kappa shape index (κ1) is 18.1. The maximum atomic E-state index is 12.4. The molecule has 1 amide bonds. The third kappa shape index (κ3) is 3.92. The van der Waals surface area contributed by atoms with E-state index in [1.807, 2.05) is 12.1 Å². The summed E-state index contributed by atoms with van der Waals surface area (Å²) in [7, 11) is 1.68. The molecule has 2 saturated heterocycles. The van der Waals surface area contributed by atoms with Gasteiger partial charge in [-0.15, -0.1) is 0 Å². The molecule has 2 aliphatic heterocycles. The summed E-state index contributed by atoms with van der Waals surface area (Å²) in [6, 6.07) is 6.07. The van der Waals surface area contributed by atoms with E-state index in [2.05, 4.69) is 23.2 Å². The number of nitrogens with one attached hydrogen (secondary N) is 1. The van der Waals surface area contributed by atoms with Crippen LogP contribution in [0.1, 0.15) is 44.6 Å². The average molecular weight is 346 g/mol.